The van der Waals surface area contributed by atoms with Crippen LogP contribution >= 0.6 is 12.2 Å². The summed E-state index contributed by atoms with van der Waals surface area (Å²) in [6, 6.07) is 9.04. The number of unbranched alkanes of at least 4 members (excludes halogenated alkanes) is 1. The molecule has 0 aromatic heterocycles. The molecule has 0 aliphatic heterocycles. The van der Waals surface area contributed by atoms with Crippen LogP contribution < -0.4 is 5.73 Å². The van der Waals surface area contributed by atoms with Gasteiger partial charge in [-0.3, -0.25) is 4.90 Å². The molecule has 0 amide bonds. The molecule has 1 aliphatic carbocycles. The maximum Gasteiger partial charge on any atom is 0.104 e. The van der Waals surface area contributed by atoms with Gasteiger partial charge in [0.25, 0.3) is 0 Å². The molecular weight excluding hydrogens is 240 g/mol. The van der Waals surface area contributed by atoms with Crippen LogP contribution in [0, 0.1) is 0 Å². The van der Waals surface area contributed by atoms with Crippen LogP contribution in [-0.2, 0) is 6.54 Å². The summed E-state index contributed by atoms with van der Waals surface area (Å²) in [4.78, 5) is 3.09. The van der Waals surface area contributed by atoms with Gasteiger partial charge >= 0.3 is 0 Å². The summed E-state index contributed by atoms with van der Waals surface area (Å²) in [5.74, 6) is 0. The highest BCUT2D eigenvalue weighted by molar-refractivity contribution is 7.80. The van der Waals surface area contributed by atoms with Gasteiger partial charge in [-0.15, -0.1) is 0 Å². The maximum absolute atomic E-state index is 5.80. The summed E-state index contributed by atoms with van der Waals surface area (Å²) in [6.45, 7) is 4.42. The predicted molar refractivity (Wildman–Crippen MR) is 80.7 cm³/mol. The molecule has 2 rings (SSSR count). The molecular formula is C15H22N2S. The number of nitrogens with two attached hydrogens (primary N) is 1. The van der Waals surface area contributed by atoms with E-state index in [0.29, 0.717) is 4.99 Å². The molecule has 0 unspecified atom stereocenters. The van der Waals surface area contributed by atoms with Crippen LogP contribution in [0.15, 0.2) is 24.3 Å². The molecule has 2 N–H and O–H groups in total. The Morgan fingerprint density at radius 3 is 2.72 bits per heavy atom. The van der Waals surface area contributed by atoms with Gasteiger partial charge < -0.3 is 5.73 Å². The molecule has 2 nitrogen and oxygen atoms in total. The Morgan fingerprint density at radius 2 is 2.11 bits per heavy atom. The Hall–Kier alpha value is -0.930. The van der Waals surface area contributed by atoms with Crippen molar-refractivity contribution in [2.75, 3.05) is 6.54 Å². The van der Waals surface area contributed by atoms with Crippen molar-refractivity contribution >= 4 is 17.2 Å². The number of thiocarbonyl (C=S) groups is 1. The van der Waals surface area contributed by atoms with E-state index in [0.717, 1.165) is 18.2 Å². The smallest absolute Gasteiger partial charge is 0.104 e. The van der Waals surface area contributed by atoms with Crippen LogP contribution in [0.2, 0.25) is 0 Å². The highest BCUT2D eigenvalue weighted by Gasteiger charge is 2.28. The second-order valence-electron chi connectivity index (χ2n) is 5.08. The highest BCUT2D eigenvalue weighted by atomic mass is 32.1. The Bertz CT molecular complexity index is 413. The van der Waals surface area contributed by atoms with E-state index in [4.69, 9.17) is 18.0 Å². The molecule has 0 bridgehead atoms. The number of nitrogens with zero attached hydrogens (tertiary/aromatic N) is 1. The van der Waals surface area contributed by atoms with Crippen molar-refractivity contribution in [3.05, 3.63) is 35.4 Å². The van der Waals surface area contributed by atoms with E-state index >= 15 is 0 Å². The maximum atomic E-state index is 5.80. The van der Waals surface area contributed by atoms with Crippen LogP contribution in [-0.4, -0.2) is 22.5 Å². The van der Waals surface area contributed by atoms with Crippen LogP contribution in [0.3, 0.4) is 0 Å². The van der Waals surface area contributed by atoms with E-state index in [1.807, 2.05) is 12.1 Å². The van der Waals surface area contributed by atoms with Crippen molar-refractivity contribution in [1.82, 2.24) is 4.90 Å². The summed E-state index contributed by atoms with van der Waals surface area (Å²) in [5, 5.41) is 0. The lowest BCUT2D eigenvalue weighted by Crippen LogP contribution is -2.28. The van der Waals surface area contributed by atoms with Crippen LogP contribution in [0.25, 0.3) is 0 Å². The molecule has 1 fully saturated rings. The molecule has 1 aliphatic rings. The van der Waals surface area contributed by atoms with E-state index in [1.165, 1.54) is 37.8 Å². The van der Waals surface area contributed by atoms with Crippen molar-refractivity contribution in [2.45, 2.75) is 45.2 Å². The highest BCUT2D eigenvalue weighted by Crippen LogP contribution is 2.29. The molecule has 1 aromatic carbocycles. The van der Waals surface area contributed by atoms with Crippen molar-refractivity contribution < 1.29 is 0 Å². The van der Waals surface area contributed by atoms with E-state index in [-0.39, 0.29) is 0 Å². The van der Waals surface area contributed by atoms with Gasteiger partial charge in [-0.05, 0) is 31.4 Å². The van der Waals surface area contributed by atoms with Gasteiger partial charge in [-0.2, -0.15) is 0 Å². The second kappa shape index (κ2) is 6.30. The third-order valence-electron chi connectivity index (χ3n) is 3.52. The fraction of sp³-hybridized carbons (Fsp3) is 0.533. The SMILES string of the molecule is CCCCN(Cc1ccccc1C(N)=S)C1CC1. The van der Waals surface area contributed by atoms with Crippen molar-refractivity contribution in [1.29, 1.82) is 0 Å². The van der Waals surface area contributed by atoms with Gasteiger partial charge in [0.15, 0.2) is 0 Å². The monoisotopic (exact) mass is 262 g/mol. The van der Waals surface area contributed by atoms with Gasteiger partial charge in [-0.1, -0.05) is 49.8 Å². The van der Waals surface area contributed by atoms with E-state index < -0.39 is 0 Å². The topological polar surface area (TPSA) is 29.3 Å². The largest absolute Gasteiger partial charge is 0.389 e. The van der Waals surface area contributed by atoms with E-state index in [1.54, 1.807) is 0 Å². The molecule has 98 valence electrons. The van der Waals surface area contributed by atoms with Crippen LogP contribution in [0.1, 0.15) is 43.7 Å². The fourth-order valence-electron chi connectivity index (χ4n) is 2.31. The molecule has 18 heavy (non-hydrogen) atoms. The average Bonchev–Trinajstić information content (AvgIpc) is 3.19. The zero-order valence-corrected chi connectivity index (χ0v) is 11.9. The lowest BCUT2D eigenvalue weighted by atomic mass is 10.1. The lowest BCUT2D eigenvalue weighted by molar-refractivity contribution is 0.250. The molecule has 0 heterocycles. The van der Waals surface area contributed by atoms with Crippen molar-refractivity contribution in [2.24, 2.45) is 5.73 Å². The van der Waals surface area contributed by atoms with Gasteiger partial charge in [0, 0.05) is 18.2 Å². The van der Waals surface area contributed by atoms with Gasteiger partial charge in [0.1, 0.15) is 4.99 Å². The Morgan fingerprint density at radius 1 is 1.39 bits per heavy atom. The first-order valence-electron chi connectivity index (χ1n) is 6.84. The minimum absolute atomic E-state index is 0.511. The summed E-state index contributed by atoms with van der Waals surface area (Å²) in [5.41, 5.74) is 8.10. The first-order valence-corrected chi connectivity index (χ1v) is 7.25. The second-order valence-corrected chi connectivity index (χ2v) is 5.52. The minimum atomic E-state index is 0.511. The first-order chi connectivity index (χ1) is 8.72. The average molecular weight is 262 g/mol. The zero-order chi connectivity index (χ0) is 13.0. The van der Waals surface area contributed by atoms with Crippen LogP contribution in [0.4, 0.5) is 0 Å². The third kappa shape index (κ3) is 3.53. The van der Waals surface area contributed by atoms with Gasteiger partial charge in [0.2, 0.25) is 0 Å². The number of benzene rings is 1. The molecule has 0 saturated heterocycles. The van der Waals surface area contributed by atoms with E-state index in [2.05, 4.69) is 24.0 Å². The quantitative estimate of drug-likeness (QED) is 0.766. The summed E-state index contributed by atoms with van der Waals surface area (Å²) < 4.78 is 0. The number of hydrogen-bond donors (Lipinski definition) is 1. The minimum Gasteiger partial charge on any atom is -0.389 e. The molecule has 1 aromatic rings. The molecule has 1 saturated carbocycles. The number of hydrogen-bond acceptors (Lipinski definition) is 2. The zero-order valence-electron chi connectivity index (χ0n) is 11.1. The van der Waals surface area contributed by atoms with Crippen LogP contribution in [0.5, 0.6) is 0 Å². The summed E-state index contributed by atoms with van der Waals surface area (Å²) in [6.07, 6.45) is 5.21. The Balaban J connectivity index is 2.08. The third-order valence-corrected chi connectivity index (χ3v) is 3.74. The van der Waals surface area contributed by atoms with Crippen molar-refractivity contribution in [3.8, 4) is 0 Å². The normalized spacial score (nSPS) is 15.0. The standard InChI is InChI=1S/C15H22N2S/c1-2-3-10-17(13-8-9-13)11-12-6-4-5-7-14(12)15(16)18/h4-7,13H,2-3,8-11H2,1H3,(H2,16,18). The fourth-order valence-corrected chi connectivity index (χ4v) is 2.51. The lowest BCUT2D eigenvalue weighted by Gasteiger charge is -2.23. The molecule has 0 atom stereocenters. The molecule has 0 radical (unpaired) electrons. The Kier molecular flexibility index (Phi) is 4.72. The Labute approximate surface area is 115 Å². The predicted octanol–water partition coefficient (Wildman–Crippen LogP) is 3.09. The van der Waals surface area contributed by atoms with E-state index in [9.17, 15) is 0 Å². The molecule has 3 heteroatoms. The van der Waals surface area contributed by atoms with Gasteiger partial charge in [0.05, 0.1) is 0 Å². The summed E-state index contributed by atoms with van der Waals surface area (Å²) >= 11 is 5.13. The molecule has 0 spiro atoms. The summed E-state index contributed by atoms with van der Waals surface area (Å²) in [7, 11) is 0. The number of rotatable bonds is 7. The van der Waals surface area contributed by atoms with Gasteiger partial charge in [-0.25, -0.2) is 0 Å². The first kappa shape index (κ1) is 13.5. The van der Waals surface area contributed by atoms with Crippen molar-refractivity contribution in [3.63, 3.8) is 0 Å².